The van der Waals surface area contributed by atoms with Crippen LogP contribution in [0.2, 0.25) is 0 Å². The van der Waals surface area contributed by atoms with Gasteiger partial charge in [0.05, 0.1) is 20.8 Å². The van der Waals surface area contributed by atoms with Crippen LogP contribution in [0.3, 0.4) is 0 Å². The number of carbonyl (C=O) groups is 1. The summed E-state index contributed by atoms with van der Waals surface area (Å²) in [4.78, 5) is 11.8. The van der Waals surface area contributed by atoms with Crippen LogP contribution in [0.5, 0.6) is 11.5 Å². The summed E-state index contributed by atoms with van der Waals surface area (Å²) >= 11 is 0. The van der Waals surface area contributed by atoms with Gasteiger partial charge in [-0.2, -0.15) is 0 Å². The van der Waals surface area contributed by atoms with Crippen LogP contribution in [-0.4, -0.2) is 39.8 Å². The highest BCUT2D eigenvalue weighted by Crippen LogP contribution is 2.27. The number of amides is 1. The molecule has 5 heteroatoms. The number of rotatable bonds is 10. The molecule has 0 aliphatic heterocycles. The van der Waals surface area contributed by atoms with Crippen molar-refractivity contribution >= 4 is 5.91 Å². The van der Waals surface area contributed by atoms with Gasteiger partial charge in [-0.25, -0.2) is 0 Å². The van der Waals surface area contributed by atoms with E-state index in [2.05, 4.69) is 22.8 Å². The second-order valence-corrected chi connectivity index (χ2v) is 5.70. The highest BCUT2D eigenvalue weighted by atomic mass is 16.5. The molecule has 0 aliphatic rings. The molecule has 0 fully saturated rings. The van der Waals surface area contributed by atoms with Crippen LogP contribution in [-0.2, 0) is 17.6 Å². The van der Waals surface area contributed by atoms with Crippen molar-refractivity contribution in [2.75, 3.05) is 33.9 Å². The predicted molar refractivity (Wildman–Crippen MR) is 99.3 cm³/mol. The van der Waals surface area contributed by atoms with Gasteiger partial charge in [0.1, 0.15) is 0 Å². The molecule has 5 nitrogen and oxygen atoms in total. The molecule has 0 spiro atoms. The topological polar surface area (TPSA) is 59.6 Å². The molecule has 2 N–H and O–H groups in total. The Morgan fingerprint density at radius 1 is 0.880 bits per heavy atom. The van der Waals surface area contributed by atoms with Crippen molar-refractivity contribution in [3.63, 3.8) is 0 Å². The minimum absolute atomic E-state index is 0.0169. The molecule has 0 unspecified atom stereocenters. The maximum absolute atomic E-state index is 11.8. The van der Waals surface area contributed by atoms with Gasteiger partial charge in [0.2, 0.25) is 5.91 Å². The van der Waals surface area contributed by atoms with Crippen LogP contribution in [0.1, 0.15) is 11.1 Å². The zero-order valence-corrected chi connectivity index (χ0v) is 14.9. The lowest BCUT2D eigenvalue weighted by Crippen LogP contribution is -2.35. The first kappa shape index (κ1) is 18.8. The third kappa shape index (κ3) is 6.47. The summed E-state index contributed by atoms with van der Waals surface area (Å²) in [7, 11) is 3.25. The van der Waals surface area contributed by atoms with Gasteiger partial charge in [-0.1, -0.05) is 36.4 Å². The Kier molecular flexibility index (Phi) is 7.79. The van der Waals surface area contributed by atoms with Crippen molar-refractivity contribution in [2.24, 2.45) is 0 Å². The number of ether oxygens (including phenoxy) is 2. The Bertz CT molecular complexity index is 659. The fraction of sp³-hybridized carbons (Fsp3) is 0.350. The van der Waals surface area contributed by atoms with Gasteiger partial charge in [0, 0.05) is 6.54 Å². The summed E-state index contributed by atoms with van der Waals surface area (Å²) in [5, 5.41) is 6.09. The fourth-order valence-electron chi connectivity index (χ4n) is 2.52. The molecule has 2 rings (SSSR count). The highest BCUT2D eigenvalue weighted by molar-refractivity contribution is 5.77. The molecular formula is C20H26N2O3. The number of carbonyl (C=O) groups excluding carboxylic acids is 1. The lowest BCUT2D eigenvalue weighted by molar-refractivity contribution is -0.120. The molecule has 0 aliphatic carbocycles. The first-order valence-corrected chi connectivity index (χ1v) is 8.45. The fourth-order valence-corrected chi connectivity index (χ4v) is 2.52. The minimum atomic E-state index is 0.0169. The number of benzene rings is 2. The molecule has 0 heterocycles. The van der Waals surface area contributed by atoms with Gasteiger partial charge in [0.15, 0.2) is 11.5 Å². The lowest BCUT2D eigenvalue weighted by atomic mass is 10.1. The van der Waals surface area contributed by atoms with Crippen molar-refractivity contribution in [2.45, 2.75) is 12.8 Å². The maximum atomic E-state index is 11.8. The van der Waals surface area contributed by atoms with Crippen molar-refractivity contribution in [1.82, 2.24) is 10.6 Å². The number of nitrogens with one attached hydrogen (secondary N) is 2. The lowest BCUT2D eigenvalue weighted by Gasteiger charge is -2.10. The van der Waals surface area contributed by atoms with E-state index in [0.29, 0.717) is 13.1 Å². The molecule has 0 atom stereocenters. The van der Waals surface area contributed by atoms with E-state index in [-0.39, 0.29) is 5.91 Å². The zero-order valence-electron chi connectivity index (χ0n) is 14.9. The van der Waals surface area contributed by atoms with Gasteiger partial charge < -0.3 is 20.1 Å². The van der Waals surface area contributed by atoms with E-state index in [4.69, 9.17) is 9.47 Å². The molecule has 1 amide bonds. The third-order valence-corrected chi connectivity index (χ3v) is 3.90. The summed E-state index contributed by atoms with van der Waals surface area (Å²) in [5.74, 6) is 1.46. The van der Waals surface area contributed by atoms with Crippen LogP contribution < -0.4 is 20.1 Å². The average molecular weight is 342 g/mol. The summed E-state index contributed by atoms with van der Waals surface area (Å²) in [5.41, 5.74) is 2.36. The maximum Gasteiger partial charge on any atom is 0.233 e. The predicted octanol–water partition coefficient (Wildman–Crippen LogP) is 2.19. The molecule has 0 saturated heterocycles. The SMILES string of the molecule is COc1ccc(CCNCC(=O)NCCc2ccccc2)cc1OC. The molecule has 0 aromatic heterocycles. The monoisotopic (exact) mass is 342 g/mol. The standard InChI is InChI=1S/C20H26N2O3/c1-24-18-9-8-17(14-19(18)25-2)10-12-21-15-20(23)22-13-11-16-6-4-3-5-7-16/h3-9,14,21H,10-13,15H2,1-2H3,(H,22,23). The summed E-state index contributed by atoms with van der Waals surface area (Å²) in [6, 6.07) is 16.0. The van der Waals surface area contributed by atoms with Gasteiger partial charge in [0.25, 0.3) is 0 Å². The van der Waals surface area contributed by atoms with Crippen LogP contribution in [0.15, 0.2) is 48.5 Å². The van der Waals surface area contributed by atoms with E-state index in [0.717, 1.165) is 36.4 Å². The Morgan fingerprint density at radius 3 is 2.32 bits per heavy atom. The second-order valence-electron chi connectivity index (χ2n) is 5.70. The molecular weight excluding hydrogens is 316 g/mol. The molecule has 0 saturated carbocycles. The van der Waals surface area contributed by atoms with Crippen molar-refractivity contribution in [3.8, 4) is 11.5 Å². The Labute approximate surface area is 149 Å². The van der Waals surface area contributed by atoms with E-state index in [9.17, 15) is 4.79 Å². The average Bonchev–Trinajstić information content (AvgIpc) is 2.66. The normalized spacial score (nSPS) is 10.3. The largest absolute Gasteiger partial charge is 0.493 e. The highest BCUT2D eigenvalue weighted by Gasteiger charge is 2.05. The molecule has 0 bridgehead atoms. The smallest absolute Gasteiger partial charge is 0.233 e. The van der Waals surface area contributed by atoms with E-state index in [1.807, 2.05) is 36.4 Å². The molecule has 25 heavy (non-hydrogen) atoms. The molecule has 0 radical (unpaired) electrons. The first-order valence-electron chi connectivity index (χ1n) is 8.45. The van der Waals surface area contributed by atoms with Gasteiger partial charge in [-0.3, -0.25) is 4.79 Å². The molecule has 2 aromatic carbocycles. The van der Waals surface area contributed by atoms with Crippen molar-refractivity contribution < 1.29 is 14.3 Å². The van der Waals surface area contributed by atoms with E-state index in [1.165, 1.54) is 5.56 Å². The van der Waals surface area contributed by atoms with Crippen LogP contribution >= 0.6 is 0 Å². The second kappa shape index (κ2) is 10.4. The number of hydrogen-bond acceptors (Lipinski definition) is 4. The Morgan fingerprint density at radius 2 is 1.60 bits per heavy atom. The summed E-state index contributed by atoms with van der Waals surface area (Å²) in [6.07, 6.45) is 1.66. The van der Waals surface area contributed by atoms with Gasteiger partial charge >= 0.3 is 0 Å². The van der Waals surface area contributed by atoms with Crippen LogP contribution in [0.25, 0.3) is 0 Å². The first-order chi connectivity index (χ1) is 12.2. The Balaban J connectivity index is 1.63. The quantitative estimate of drug-likeness (QED) is 0.650. The minimum Gasteiger partial charge on any atom is -0.493 e. The number of methoxy groups -OCH3 is 2. The van der Waals surface area contributed by atoms with Crippen LogP contribution in [0, 0.1) is 0 Å². The molecule has 2 aromatic rings. The summed E-state index contributed by atoms with van der Waals surface area (Å²) in [6.45, 7) is 1.70. The third-order valence-electron chi connectivity index (χ3n) is 3.90. The Hall–Kier alpha value is -2.53. The summed E-state index contributed by atoms with van der Waals surface area (Å²) < 4.78 is 10.5. The zero-order chi connectivity index (χ0) is 17.9. The van der Waals surface area contributed by atoms with E-state index < -0.39 is 0 Å². The van der Waals surface area contributed by atoms with Crippen LogP contribution in [0.4, 0.5) is 0 Å². The molecule has 134 valence electrons. The van der Waals surface area contributed by atoms with Crippen molar-refractivity contribution in [1.29, 1.82) is 0 Å². The van der Waals surface area contributed by atoms with E-state index in [1.54, 1.807) is 14.2 Å². The van der Waals surface area contributed by atoms with E-state index >= 15 is 0 Å². The van der Waals surface area contributed by atoms with Gasteiger partial charge in [-0.05, 0) is 42.6 Å². The van der Waals surface area contributed by atoms with Crippen molar-refractivity contribution in [3.05, 3.63) is 59.7 Å². The van der Waals surface area contributed by atoms with Gasteiger partial charge in [-0.15, -0.1) is 0 Å². The number of hydrogen-bond donors (Lipinski definition) is 2.